The van der Waals surface area contributed by atoms with Crippen LogP contribution in [0.25, 0.3) is 10.4 Å². The number of thiophene rings is 1. The highest BCUT2D eigenvalue weighted by Gasteiger charge is 2.31. The number of ether oxygens (including phenoxy) is 3. The van der Waals surface area contributed by atoms with Gasteiger partial charge in [0.05, 0.1) is 15.6 Å². The van der Waals surface area contributed by atoms with Gasteiger partial charge in [-0.25, -0.2) is 22.3 Å². The third kappa shape index (κ3) is 8.46. The molecule has 1 aliphatic rings. The van der Waals surface area contributed by atoms with Crippen molar-refractivity contribution in [2.24, 2.45) is 0 Å². The van der Waals surface area contributed by atoms with Gasteiger partial charge < -0.3 is 19.3 Å². The number of carboxylic acids is 1. The maximum absolute atomic E-state index is 13.0. The number of carboxylic acid groups (broad SMARTS) is 1. The number of halogens is 1. The van der Waals surface area contributed by atoms with E-state index in [2.05, 4.69) is 0 Å². The van der Waals surface area contributed by atoms with Crippen molar-refractivity contribution in [2.75, 3.05) is 19.7 Å². The molecular weight excluding hydrogens is 636 g/mol. The van der Waals surface area contributed by atoms with Crippen molar-refractivity contribution in [1.82, 2.24) is 4.31 Å². The largest absolute Gasteiger partial charge is 0.490 e. The first-order valence-corrected chi connectivity index (χ1v) is 16.3. The SMILES string of the molecule is CC(C)(C)OC(=O)c1sc(-c2cccc(OC3CCN(S(=O)(=O)Cc4cccc([N+](=O)[O-])c4)CC3)c2)c(Cl)c1OCC(=O)O. The Morgan fingerprint density at radius 3 is 2.45 bits per heavy atom. The number of carbonyl (C=O) groups excluding carboxylic acids is 1. The molecule has 1 N–H and O–H groups in total. The lowest BCUT2D eigenvalue weighted by atomic mass is 10.1. The molecule has 0 bridgehead atoms. The fourth-order valence-electron chi connectivity index (χ4n) is 4.50. The highest BCUT2D eigenvalue weighted by molar-refractivity contribution is 7.88. The molecule has 1 aromatic heterocycles. The topological polar surface area (TPSA) is 163 Å². The van der Waals surface area contributed by atoms with E-state index in [4.69, 9.17) is 30.9 Å². The van der Waals surface area contributed by atoms with Gasteiger partial charge in [0.15, 0.2) is 17.2 Å². The Hall–Kier alpha value is -3.72. The first-order chi connectivity index (χ1) is 20.6. The zero-order valence-corrected chi connectivity index (χ0v) is 26.5. The minimum atomic E-state index is -3.70. The first-order valence-electron chi connectivity index (χ1n) is 13.5. The van der Waals surface area contributed by atoms with Gasteiger partial charge in [0.1, 0.15) is 22.5 Å². The second kappa shape index (κ2) is 13.5. The van der Waals surface area contributed by atoms with Gasteiger partial charge in [0, 0.05) is 25.2 Å². The Labute approximate surface area is 263 Å². The normalized spacial score (nSPS) is 14.6. The fourth-order valence-corrected chi connectivity index (χ4v) is 7.49. The van der Waals surface area contributed by atoms with Crippen LogP contribution in [0.4, 0.5) is 5.69 Å². The van der Waals surface area contributed by atoms with Crippen LogP contribution in [0.5, 0.6) is 11.5 Å². The molecule has 0 atom stereocenters. The second-order valence-electron chi connectivity index (χ2n) is 11.0. The number of esters is 1. The van der Waals surface area contributed by atoms with E-state index in [0.717, 1.165) is 11.3 Å². The van der Waals surface area contributed by atoms with Crippen LogP contribution in [0.1, 0.15) is 48.8 Å². The van der Waals surface area contributed by atoms with E-state index >= 15 is 0 Å². The molecule has 0 aliphatic carbocycles. The highest BCUT2D eigenvalue weighted by atomic mass is 35.5. The molecule has 0 saturated carbocycles. The number of hydrogen-bond acceptors (Lipinski definition) is 10. The molecule has 2 heterocycles. The number of non-ortho nitro benzene ring substituents is 1. The van der Waals surface area contributed by atoms with Crippen LogP contribution in [0.2, 0.25) is 5.02 Å². The molecule has 12 nitrogen and oxygen atoms in total. The van der Waals surface area contributed by atoms with Gasteiger partial charge in [0.2, 0.25) is 10.0 Å². The summed E-state index contributed by atoms with van der Waals surface area (Å²) in [6, 6.07) is 12.5. The van der Waals surface area contributed by atoms with Crippen LogP contribution >= 0.6 is 22.9 Å². The Balaban J connectivity index is 1.46. The van der Waals surface area contributed by atoms with Crippen molar-refractivity contribution in [3.05, 3.63) is 74.1 Å². The molecule has 0 spiro atoms. The number of hydrogen-bond donors (Lipinski definition) is 1. The maximum atomic E-state index is 13.0. The van der Waals surface area contributed by atoms with Gasteiger partial charge in [-0.2, -0.15) is 0 Å². The minimum absolute atomic E-state index is 0.0335. The number of nitro groups is 1. The monoisotopic (exact) mass is 666 g/mol. The molecular formula is C29H31ClN2O10S2. The van der Waals surface area contributed by atoms with Crippen LogP contribution in [0, 0.1) is 10.1 Å². The predicted octanol–water partition coefficient (Wildman–Crippen LogP) is 5.77. The summed E-state index contributed by atoms with van der Waals surface area (Å²) in [4.78, 5) is 35.0. The Kier molecular flexibility index (Phi) is 10.2. The van der Waals surface area contributed by atoms with Gasteiger partial charge >= 0.3 is 11.9 Å². The van der Waals surface area contributed by atoms with E-state index in [9.17, 15) is 28.1 Å². The molecule has 4 rings (SSSR count). The van der Waals surface area contributed by atoms with Gasteiger partial charge in [-0.1, -0.05) is 35.9 Å². The summed E-state index contributed by atoms with van der Waals surface area (Å²) in [6.07, 6.45) is 0.572. The molecule has 1 fully saturated rings. The number of rotatable bonds is 11. The summed E-state index contributed by atoms with van der Waals surface area (Å²) in [5.74, 6) is -1.85. The molecule has 236 valence electrons. The molecule has 2 aromatic carbocycles. The zero-order valence-electron chi connectivity index (χ0n) is 24.1. The molecule has 0 unspecified atom stereocenters. The third-order valence-corrected chi connectivity index (χ3v) is 9.92. The second-order valence-corrected chi connectivity index (χ2v) is 14.4. The molecule has 3 aromatic rings. The number of piperidine rings is 1. The van der Waals surface area contributed by atoms with Crippen LogP contribution in [-0.2, 0) is 25.3 Å². The lowest BCUT2D eigenvalue weighted by Crippen LogP contribution is -2.42. The van der Waals surface area contributed by atoms with Gasteiger partial charge in [0.25, 0.3) is 5.69 Å². The van der Waals surface area contributed by atoms with Gasteiger partial charge in [-0.15, -0.1) is 11.3 Å². The molecule has 0 amide bonds. The summed E-state index contributed by atoms with van der Waals surface area (Å²) in [5.41, 5.74) is -0.0266. The standard InChI is InChI=1S/C29H31ClN2O10S2/c1-29(2,3)42-28(35)27-25(40-16-23(33)34)24(30)26(43-27)19-7-5-9-22(15-19)41-21-10-12-31(13-11-21)44(38,39)17-18-6-4-8-20(14-18)32(36)37/h4-9,14-15,21H,10-13,16-17H2,1-3H3,(H,33,34). The summed E-state index contributed by atoms with van der Waals surface area (Å²) in [5, 5.41) is 20.2. The minimum Gasteiger partial charge on any atom is -0.490 e. The summed E-state index contributed by atoms with van der Waals surface area (Å²) < 4.78 is 44.4. The molecule has 1 aliphatic heterocycles. The number of sulfonamides is 1. The summed E-state index contributed by atoms with van der Waals surface area (Å²) in [6.45, 7) is 4.86. The van der Waals surface area contributed by atoms with E-state index < -0.39 is 39.1 Å². The predicted molar refractivity (Wildman–Crippen MR) is 164 cm³/mol. The first kappa shape index (κ1) is 33.2. The maximum Gasteiger partial charge on any atom is 0.352 e. The van der Waals surface area contributed by atoms with Crippen molar-refractivity contribution < 1.29 is 42.2 Å². The Morgan fingerprint density at radius 1 is 1.14 bits per heavy atom. The van der Waals surface area contributed by atoms with E-state index in [-0.39, 0.29) is 46.3 Å². The Bertz CT molecular complexity index is 1660. The lowest BCUT2D eigenvalue weighted by molar-refractivity contribution is -0.384. The fraction of sp³-hybridized carbons (Fsp3) is 0.379. The van der Waals surface area contributed by atoms with Crippen molar-refractivity contribution in [3.63, 3.8) is 0 Å². The van der Waals surface area contributed by atoms with Crippen LogP contribution in [0.3, 0.4) is 0 Å². The summed E-state index contributed by atoms with van der Waals surface area (Å²) >= 11 is 7.61. The summed E-state index contributed by atoms with van der Waals surface area (Å²) in [7, 11) is -3.70. The zero-order chi connectivity index (χ0) is 32.2. The lowest BCUT2D eigenvalue weighted by Gasteiger charge is -2.31. The smallest absolute Gasteiger partial charge is 0.352 e. The highest BCUT2D eigenvalue weighted by Crippen LogP contribution is 2.46. The Morgan fingerprint density at radius 2 is 1.82 bits per heavy atom. The van der Waals surface area contributed by atoms with Crippen LogP contribution < -0.4 is 9.47 Å². The van der Waals surface area contributed by atoms with E-state index in [1.807, 2.05) is 0 Å². The molecule has 0 radical (unpaired) electrons. The molecule has 1 saturated heterocycles. The van der Waals surface area contributed by atoms with Gasteiger partial charge in [-0.05, 0) is 56.9 Å². The van der Waals surface area contributed by atoms with Crippen molar-refractivity contribution in [2.45, 2.75) is 51.1 Å². The number of benzene rings is 2. The average molecular weight is 667 g/mol. The molecule has 15 heteroatoms. The third-order valence-electron chi connectivity index (χ3n) is 6.40. The van der Waals surface area contributed by atoms with E-state index in [1.54, 1.807) is 51.1 Å². The number of aliphatic carboxylic acids is 1. The average Bonchev–Trinajstić information content (AvgIpc) is 3.27. The van der Waals surface area contributed by atoms with Crippen LogP contribution in [-0.4, -0.2) is 66.1 Å². The van der Waals surface area contributed by atoms with Crippen molar-refractivity contribution >= 4 is 50.6 Å². The number of nitrogens with zero attached hydrogens (tertiary/aromatic N) is 2. The van der Waals surface area contributed by atoms with E-state index in [0.29, 0.717) is 34.6 Å². The van der Waals surface area contributed by atoms with Gasteiger partial charge in [-0.3, -0.25) is 10.1 Å². The van der Waals surface area contributed by atoms with Crippen molar-refractivity contribution in [3.8, 4) is 21.9 Å². The molecule has 44 heavy (non-hydrogen) atoms. The van der Waals surface area contributed by atoms with Crippen molar-refractivity contribution in [1.29, 1.82) is 0 Å². The van der Waals surface area contributed by atoms with Crippen LogP contribution in [0.15, 0.2) is 48.5 Å². The number of carbonyl (C=O) groups is 2. The quantitative estimate of drug-likeness (QED) is 0.151. The van der Waals surface area contributed by atoms with E-state index in [1.165, 1.54) is 22.5 Å². The number of nitro benzene ring substituents is 1.